The lowest BCUT2D eigenvalue weighted by atomic mass is 9.94. The lowest BCUT2D eigenvalue weighted by Crippen LogP contribution is -2.48. The van der Waals surface area contributed by atoms with E-state index in [1.165, 1.54) is 7.11 Å². The molecule has 1 heterocycles. The molecule has 0 radical (unpaired) electrons. The highest BCUT2D eigenvalue weighted by Gasteiger charge is 2.25. The van der Waals surface area contributed by atoms with Gasteiger partial charge in [0.05, 0.1) is 27.9 Å². The maximum Gasteiger partial charge on any atom is 0.328 e. The van der Waals surface area contributed by atoms with Crippen LogP contribution < -0.4 is 25.8 Å². The van der Waals surface area contributed by atoms with Gasteiger partial charge in [-0.25, -0.2) is 4.79 Å². The van der Waals surface area contributed by atoms with E-state index in [1.54, 1.807) is 44.6 Å². The SMILES string of the molecule is COC(=O)C1Cc2ccc(OC)c(c2)-c2cc(ccc2OC)C(N)C(=O)NCC(=O)N1. The molecule has 1 aliphatic heterocycles. The van der Waals surface area contributed by atoms with Gasteiger partial charge in [-0.1, -0.05) is 12.1 Å². The zero-order chi connectivity index (χ0) is 22.5. The molecule has 2 amide bonds. The van der Waals surface area contributed by atoms with E-state index in [4.69, 9.17) is 19.9 Å². The van der Waals surface area contributed by atoms with Gasteiger partial charge >= 0.3 is 5.97 Å². The van der Waals surface area contributed by atoms with E-state index in [0.29, 0.717) is 28.2 Å². The van der Waals surface area contributed by atoms with Gasteiger partial charge in [0.15, 0.2) is 0 Å². The van der Waals surface area contributed by atoms with E-state index in [-0.39, 0.29) is 13.0 Å². The number of methoxy groups -OCH3 is 3. The molecule has 4 bridgehead atoms. The highest BCUT2D eigenvalue weighted by molar-refractivity contribution is 5.91. The monoisotopic (exact) mass is 427 g/mol. The van der Waals surface area contributed by atoms with Crippen molar-refractivity contribution in [2.24, 2.45) is 5.73 Å². The summed E-state index contributed by atoms with van der Waals surface area (Å²) in [6.07, 6.45) is 0.185. The molecule has 0 aromatic heterocycles. The second-order valence-electron chi connectivity index (χ2n) is 7.04. The third-order valence-corrected chi connectivity index (χ3v) is 5.10. The third kappa shape index (κ3) is 4.77. The van der Waals surface area contributed by atoms with Gasteiger partial charge < -0.3 is 30.6 Å². The van der Waals surface area contributed by atoms with E-state index < -0.39 is 29.9 Å². The van der Waals surface area contributed by atoms with Gasteiger partial charge in [0.1, 0.15) is 23.6 Å². The standard InChI is InChI=1S/C22H25N3O6/c1-29-17-6-4-12-8-14(17)15-10-13(5-7-18(15)30-2)20(23)21(27)24-11-19(26)25-16(9-12)22(28)31-3/h4-8,10,16,20H,9,11,23H2,1-3H3,(H,24,27)(H,25,26). The molecule has 2 unspecified atom stereocenters. The minimum atomic E-state index is -1.01. The summed E-state index contributed by atoms with van der Waals surface area (Å²) < 4.78 is 15.9. The minimum absolute atomic E-state index is 0.185. The van der Waals surface area contributed by atoms with Crippen molar-refractivity contribution in [3.63, 3.8) is 0 Å². The van der Waals surface area contributed by atoms with Crippen molar-refractivity contribution in [3.8, 4) is 22.6 Å². The van der Waals surface area contributed by atoms with E-state index in [2.05, 4.69) is 10.6 Å². The molecule has 0 saturated heterocycles. The quantitative estimate of drug-likeness (QED) is 0.615. The Bertz CT molecular complexity index is 1010. The van der Waals surface area contributed by atoms with E-state index in [1.807, 2.05) is 6.07 Å². The maximum absolute atomic E-state index is 12.5. The Hall–Kier alpha value is -3.59. The molecule has 164 valence electrons. The van der Waals surface area contributed by atoms with Crippen LogP contribution in [0.2, 0.25) is 0 Å². The zero-order valence-electron chi connectivity index (χ0n) is 17.6. The molecule has 2 aromatic rings. The summed E-state index contributed by atoms with van der Waals surface area (Å²) in [7, 11) is 4.34. The number of hydrogen-bond donors (Lipinski definition) is 3. The van der Waals surface area contributed by atoms with Crippen LogP contribution in [0.15, 0.2) is 36.4 Å². The molecule has 2 atom stereocenters. The number of fused-ring (bicyclic) bond motifs is 5. The Morgan fingerprint density at radius 1 is 1.00 bits per heavy atom. The number of nitrogens with two attached hydrogens (primary N) is 1. The molecule has 0 fully saturated rings. The van der Waals surface area contributed by atoms with Gasteiger partial charge in [-0.2, -0.15) is 0 Å². The Labute approximate surface area is 179 Å². The average Bonchev–Trinajstić information content (AvgIpc) is 2.79. The Balaban J connectivity index is 2.19. The second kappa shape index (κ2) is 9.48. The maximum atomic E-state index is 12.5. The fourth-order valence-corrected chi connectivity index (χ4v) is 3.47. The zero-order valence-corrected chi connectivity index (χ0v) is 17.6. The van der Waals surface area contributed by atoms with Crippen LogP contribution in [0.4, 0.5) is 0 Å². The molecule has 31 heavy (non-hydrogen) atoms. The number of amides is 2. The first-order valence-corrected chi connectivity index (χ1v) is 9.63. The van der Waals surface area contributed by atoms with Crippen LogP contribution >= 0.6 is 0 Å². The Morgan fingerprint density at radius 2 is 1.65 bits per heavy atom. The van der Waals surface area contributed by atoms with Crippen LogP contribution in [0.1, 0.15) is 17.2 Å². The molecule has 0 aliphatic carbocycles. The number of rotatable bonds is 3. The fourth-order valence-electron chi connectivity index (χ4n) is 3.47. The summed E-state index contributed by atoms with van der Waals surface area (Å²) in [6, 6.07) is 8.66. The molecule has 0 spiro atoms. The van der Waals surface area contributed by atoms with Crippen molar-refractivity contribution in [3.05, 3.63) is 47.5 Å². The molecule has 0 saturated carbocycles. The lowest BCUT2D eigenvalue weighted by molar-refractivity contribution is -0.145. The lowest BCUT2D eigenvalue weighted by Gasteiger charge is -2.21. The first-order valence-electron chi connectivity index (χ1n) is 9.63. The molecule has 9 nitrogen and oxygen atoms in total. The number of carbonyl (C=O) groups excluding carboxylic acids is 3. The summed E-state index contributed by atoms with van der Waals surface area (Å²) in [6.45, 7) is -0.323. The number of esters is 1. The van der Waals surface area contributed by atoms with Crippen molar-refractivity contribution in [1.29, 1.82) is 0 Å². The highest BCUT2D eigenvalue weighted by atomic mass is 16.5. The largest absolute Gasteiger partial charge is 0.496 e. The van der Waals surface area contributed by atoms with Crippen LogP contribution in [-0.2, 0) is 25.5 Å². The minimum Gasteiger partial charge on any atom is -0.496 e. The van der Waals surface area contributed by atoms with Gasteiger partial charge in [0, 0.05) is 17.5 Å². The van der Waals surface area contributed by atoms with Gasteiger partial charge in [-0.15, -0.1) is 0 Å². The summed E-state index contributed by atoms with van der Waals surface area (Å²) in [5, 5.41) is 5.10. The van der Waals surface area contributed by atoms with Gasteiger partial charge in [-0.05, 0) is 35.4 Å². The predicted octanol–water partition coefficient (Wildman–Crippen LogP) is 0.701. The number of ether oxygens (including phenoxy) is 3. The number of nitrogens with one attached hydrogen (secondary N) is 2. The second-order valence-corrected chi connectivity index (χ2v) is 7.04. The normalized spacial score (nSPS) is 18.8. The van der Waals surface area contributed by atoms with Gasteiger partial charge in [0.25, 0.3) is 0 Å². The van der Waals surface area contributed by atoms with Crippen LogP contribution in [0.5, 0.6) is 11.5 Å². The first kappa shape index (κ1) is 22.1. The molecule has 3 rings (SSSR count). The van der Waals surface area contributed by atoms with Crippen LogP contribution in [0.3, 0.4) is 0 Å². The summed E-state index contributed by atoms with van der Waals surface area (Å²) in [5.74, 6) is -0.518. The number of benzene rings is 2. The predicted molar refractivity (Wildman–Crippen MR) is 113 cm³/mol. The van der Waals surface area contributed by atoms with E-state index in [9.17, 15) is 14.4 Å². The average molecular weight is 427 g/mol. The van der Waals surface area contributed by atoms with Crippen LogP contribution in [-0.4, -0.2) is 51.7 Å². The fraction of sp³-hybridized carbons (Fsp3) is 0.318. The van der Waals surface area contributed by atoms with Crippen molar-refractivity contribution >= 4 is 17.8 Å². The summed E-state index contributed by atoms with van der Waals surface area (Å²) in [5.41, 5.74) is 8.81. The van der Waals surface area contributed by atoms with Crippen molar-refractivity contribution in [2.75, 3.05) is 27.9 Å². The Morgan fingerprint density at radius 3 is 2.29 bits per heavy atom. The number of carbonyl (C=O) groups is 3. The van der Waals surface area contributed by atoms with Crippen molar-refractivity contribution < 1.29 is 28.6 Å². The van der Waals surface area contributed by atoms with Crippen LogP contribution in [0, 0.1) is 0 Å². The Kier molecular flexibility index (Phi) is 6.76. The van der Waals surface area contributed by atoms with Crippen molar-refractivity contribution in [2.45, 2.75) is 18.5 Å². The van der Waals surface area contributed by atoms with E-state index in [0.717, 1.165) is 5.56 Å². The molecule has 4 N–H and O–H groups in total. The van der Waals surface area contributed by atoms with Crippen molar-refractivity contribution in [1.82, 2.24) is 10.6 Å². The third-order valence-electron chi connectivity index (χ3n) is 5.10. The van der Waals surface area contributed by atoms with E-state index >= 15 is 0 Å². The van der Waals surface area contributed by atoms with Gasteiger partial charge in [0.2, 0.25) is 11.8 Å². The smallest absolute Gasteiger partial charge is 0.328 e. The first-order chi connectivity index (χ1) is 14.9. The topological polar surface area (TPSA) is 129 Å². The molecular weight excluding hydrogens is 402 g/mol. The molecule has 1 aliphatic rings. The summed E-state index contributed by atoms with van der Waals surface area (Å²) in [4.78, 5) is 37.0. The number of hydrogen-bond acceptors (Lipinski definition) is 7. The molecule has 2 aromatic carbocycles. The highest BCUT2D eigenvalue weighted by Crippen LogP contribution is 2.38. The van der Waals surface area contributed by atoms with Crippen LogP contribution in [0.25, 0.3) is 11.1 Å². The molecular formula is C22H25N3O6. The molecule has 9 heteroatoms. The van der Waals surface area contributed by atoms with Gasteiger partial charge in [-0.3, -0.25) is 9.59 Å². The summed E-state index contributed by atoms with van der Waals surface area (Å²) >= 11 is 0.